The molecule has 2 rings (SSSR count). The van der Waals surface area contributed by atoms with Crippen LogP contribution in [-0.4, -0.2) is 10.2 Å². The highest BCUT2D eigenvalue weighted by atomic mass is 35.5. The van der Waals surface area contributed by atoms with E-state index >= 15 is 0 Å². The molecule has 2 nitrogen and oxygen atoms in total. The fourth-order valence-corrected chi connectivity index (χ4v) is 2.12. The summed E-state index contributed by atoms with van der Waals surface area (Å²) >= 11 is 5.69. The predicted molar refractivity (Wildman–Crippen MR) is 72.8 cm³/mol. The summed E-state index contributed by atoms with van der Waals surface area (Å²) in [6.07, 6.45) is 0.126. The Hall–Kier alpha value is -1.58. The highest BCUT2D eigenvalue weighted by Crippen LogP contribution is 2.28. The van der Waals surface area contributed by atoms with E-state index in [0.29, 0.717) is 16.1 Å². The maximum atomic E-state index is 13.7. The molecule has 0 bridgehead atoms. The maximum Gasteiger partial charge on any atom is 0.127 e. The number of aromatic hydroxyl groups is 1. The van der Waals surface area contributed by atoms with Gasteiger partial charge in [-0.1, -0.05) is 29.8 Å². The Kier molecular flexibility index (Phi) is 3.78. The monoisotopic (exact) mass is 280 g/mol. The molecule has 0 saturated carbocycles. The van der Waals surface area contributed by atoms with Crippen molar-refractivity contribution in [2.45, 2.75) is 18.9 Å². The topological polar surface area (TPSA) is 40.5 Å². The molecule has 1 atom stereocenters. The fraction of sp³-hybridized carbons (Fsp3) is 0.200. The molecule has 0 aromatic heterocycles. The molecule has 0 radical (unpaired) electrons. The predicted octanol–water partition coefficient (Wildman–Crippen LogP) is 3.63. The lowest BCUT2D eigenvalue weighted by molar-refractivity contribution is 0.0566. The second-order valence-corrected chi connectivity index (χ2v) is 5.17. The lowest BCUT2D eigenvalue weighted by Gasteiger charge is -2.24. The van der Waals surface area contributed by atoms with Crippen molar-refractivity contribution in [1.29, 1.82) is 0 Å². The van der Waals surface area contributed by atoms with Crippen LogP contribution >= 0.6 is 11.6 Å². The van der Waals surface area contributed by atoms with E-state index in [0.717, 1.165) is 0 Å². The Balaban J connectivity index is 2.27. The highest BCUT2D eigenvalue weighted by molar-refractivity contribution is 6.30. The Labute approximate surface area is 116 Å². The van der Waals surface area contributed by atoms with Gasteiger partial charge in [-0.05, 0) is 42.3 Å². The average molecular weight is 281 g/mol. The molecule has 0 spiro atoms. The van der Waals surface area contributed by atoms with Crippen molar-refractivity contribution < 1.29 is 14.6 Å². The zero-order valence-electron chi connectivity index (χ0n) is 10.4. The Morgan fingerprint density at radius 2 is 1.79 bits per heavy atom. The van der Waals surface area contributed by atoms with E-state index in [1.54, 1.807) is 31.2 Å². The molecule has 0 aliphatic heterocycles. The van der Waals surface area contributed by atoms with Crippen LogP contribution in [0.1, 0.15) is 18.1 Å². The van der Waals surface area contributed by atoms with Crippen LogP contribution in [0.15, 0.2) is 42.5 Å². The number of aliphatic hydroxyl groups is 1. The molecule has 2 aromatic carbocycles. The number of rotatable bonds is 3. The largest absolute Gasteiger partial charge is 0.508 e. The molecule has 2 N–H and O–H groups in total. The van der Waals surface area contributed by atoms with Crippen LogP contribution in [0.5, 0.6) is 5.75 Å². The normalized spacial score (nSPS) is 14.1. The van der Waals surface area contributed by atoms with Gasteiger partial charge in [0.25, 0.3) is 0 Å². The Morgan fingerprint density at radius 3 is 2.37 bits per heavy atom. The first-order chi connectivity index (χ1) is 8.88. The van der Waals surface area contributed by atoms with Crippen molar-refractivity contribution in [3.05, 3.63) is 64.4 Å². The van der Waals surface area contributed by atoms with E-state index in [-0.39, 0.29) is 12.2 Å². The third-order valence-corrected chi connectivity index (χ3v) is 3.27. The van der Waals surface area contributed by atoms with Gasteiger partial charge < -0.3 is 10.2 Å². The molecule has 0 amide bonds. The van der Waals surface area contributed by atoms with Gasteiger partial charge in [0.2, 0.25) is 0 Å². The SMILES string of the molecule is CC(O)(Cc1ccc(Cl)cc1F)c1ccc(O)cc1. The van der Waals surface area contributed by atoms with Crippen LogP contribution in [0.3, 0.4) is 0 Å². The van der Waals surface area contributed by atoms with Crippen molar-refractivity contribution in [3.63, 3.8) is 0 Å². The Bertz CT molecular complexity index is 579. The summed E-state index contributed by atoms with van der Waals surface area (Å²) in [5, 5.41) is 20.0. The highest BCUT2D eigenvalue weighted by Gasteiger charge is 2.25. The smallest absolute Gasteiger partial charge is 0.127 e. The van der Waals surface area contributed by atoms with Crippen molar-refractivity contribution in [2.75, 3.05) is 0 Å². The number of phenols is 1. The first-order valence-electron chi connectivity index (χ1n) is 5.84. The summed E-state index contributed by atoms with van der Waals surface area (Å²) in [6, 6.07) is 10.6. The summed E-state index contributed by atoms with van der Waals surface area (Å²) in [7, 11) is 0. The molecule has 0 aliphatic rings. The van der Waals surface area contributed by atoms with Crippen LogP contribution in [0.4, 0.5) is 4.39 Å². The van der Waals surface area contributed by atoms with Crippen molar-refractivity contribution in [3.8, 4) is 5.75 Å². The molecule has 0 aliphatic carbocycles. The van der Waals surface area contributed by atoms with Crippen molar-refractivity contribution in [1.82, 2.24) is 0 Å². The van der Waals surface area contributed by atoms with Gasteiger partial charge in [0, 0.05) is 11.4 Å². The average Bonchev–Trinajstić information content (AvgIpc) is 2.33. The van der Waals surface area contributed by atoms with Crippen LogP contribution in [0.2, 0.25) is 5.02 Å². The number of halogens is 2. The van der Waals surface area contributed by atoms with Gasteiger partial charge >= 0.3 is 0 Å². The van der Waals surface area contributed by atoms with Gasteiger partial charge in [-0.2, -0.15) is 0 Å². The van der Waals surface area contributed by atoms with E-state index < -0.39 is 11.4 Å². The summed E-state index contributed by atoms with van der Waals surface area (Å²) in [6.45, 7) is 1.60. The third-order valence-electron chi connectivity index (χ3n) is 3.04. The van der Waals surface area contributed by atoms with Gasteiger partial charge in [-0.3, -0.25) is 0 Å². The number of phenolic OH excluding ortho intramolecular Hbond substituents is 1. The zero-order chi connectivity index (χ0) is 14.0. The number of hydrogen-bond acceptors (Lipinski definition) is 2. The minimum absolute atomic E-state index is 0.122. The second kappa shape index (κ2) is 5.19. The van der Waals surface area contributed by atoms with Crippen molar-refractivity contribution >= 4 is 11.6 Å². The lowest BCUT2D eigenvalue weighted by atomic mass is 9.89. The van der Waals surface area contributed by atoms with Gasteiger partial charge in [0.05, 0.1) is 5.60 Å². The molecule has 2 aromatic rings. The molecular formula is C15H14ClFO2. The second-order valence-electron chi connectivity index (χ2n) is 4.73. The minimum Gasteiger partial charge on any atom is -0.508 e. The first kappa shape index (κ1) is 13.8. The number of benzene rings is 2. The Morgan fingerprint density at radius 1 is 1.16 bits per heavy atom. The standard InChI is InChI=1S/C15H14ClFO2/c1-15(19,11-3-6-13(18)7-4-11)9-10-2-5-12(16)8-14(10)17/h2-8,18-19H,9H2,1H3. The van der Waals surface area contributed by atoms with E-state index in [4.69, 9.17) is 11.6 Å². The van der Waals surface area contributed by atoms with E-state index in [2.05, 4.69) is 0 Å². The zero-order valence-corrected chi connectivity index (χ0v) is 11.2. The quantitative estimate of drug-likeness (QED) is 0.901. The van der Waals surface area contributed by atoms with Crippen molar-refractivity contribution in [2.24, 2.45) is 0 Å². The fourth-order valence-electron chi connectivity index (χ4n) is 1.96. The van der Waals surface area contributed by atoms with Crippen LogP contribution in [-0.2, 0) is 12.0 Å². The van der Waals surface area contributed by atoms with Gasteiger partial charge in [-0.25, -0.2) is 4.39 Å². The first-order valence-corrected chi connectivity index (χ1v) is 6.22. The molecule has 1 unspecified atom stereocenters. The van der Waals surface area contributed by atoms with Gasteiger partial charge in [0.15, 0.2) is 0 Å². The molecule has 0 saturated heterocycles. The molecule has 0 heterocycles. The molecule has 19 heavy (non-hydrogen) atoms. The molecular weight excluding hydrogens is 267 g/mol. The van der Waals surface area contributed by atoms with E-state index in [1.165, 1.54) is 18.2 Å². The summed E-state index contributed by atoms with van der Waals surface area (Å²) in [5.41, 5.74) is -0.218. The molecule has 100 valence electrons. The minimum atomic E-state index is -1.22. The van der Waals surface area contributed by atoms with Crippen LogP contribution in [0.25, 0.3) is 0 Å². The summed E-state index contributed by atoms with van der Waals surface area (Å²) in [5.74, 6) is -0.316. The van der Waals surface area contributed by atoms with Crippen LogP contribution < -0.4 is 0 Å². The number of hydrogen-bond donors (Lipinski definition) is 2. The van der Waals surface area contributed by atoms with Crippen LogP contribution in [0, 0.1) is 5.82 Å². The third kappa shape index (κ3) is 3.25. The molecule has 0 fully saturated rings. The molecule has 4 heteroatoms. The summed E-state index contributed by atoms with van der Waals surface area (Å²) in [4.78, 5) is 0. The lowest BCUT2D eigenvalue weighted by Crippen LogP contribution is -2.24. The maximum absolute atomic E-state index is 13.7. The van der Waals surface area contributed by atoms with Gasteiger partial charge in [-0.15, -0.1) is 0 Å². The summed E-state index contributed by atoms with van der Waals surface area (Å²) < 4.78 is 13.7. The van der Waals surface area contributed by atoms with E-state index in [9.17, 15) is 14.6 Å². The van der Waals surface area contributed by atoms with E-state index in [1.807, 2.05) is 0 Å². The van der Waals surface area contributed by atoms with Gasteiger partial charge in [0.1, 0.15) is 11.6 Å².